The van der Waals surface area contributed by atoms with Gasteiger partial charge in [-0.2, -0.15) is 0 Å². The monoisotopic (exact) mass is 339 g/mol. The Labute approximate surface area is 145 Å². The molecule has 3 aromatic rings. The fraction of sp³-hybridized carbons (Fsp3) is 0.471. The van der Waals surface area contributed by atoms with Crippen molar-refractivity contribution in [2.24, 2.45) is 0 Å². The molecule has 1 aliphatic rings. The maximum atomic E-state index is 12.5. The first kappa shape index (κ1) is 15.7. The summed E-state index contributed by atoms with van der Waals surface area (Å²) in [5, 5.41) is 11.0. The number of nitrogens with zero attached hydrogens (tertiary/aromatic N) is 6. The van der Waals surface area contributed by atoms with E-state index in [-0.39, 0.29) is 11.8 Å². The molecular formula is C17H21N7O. The summed E-state index contributed by atoms with van der Waals surface area (Å²) in [6.07, 6.45) is 4.92. The molecule has 0 bridgehead atoms. The number of hydrogen-bond acceptors (Lipinski definition) is 5. The number of imidazole rings is 1. The second kappa shape index (κ2) is 7.00. The van der Waals surface area contributed by atoms with Crippen LogP contribution >= 0.6 is 0 Å². The molecule has 130 valence electrons. The predicted molar refractivity (Wildman–Crippen MR) is 91.7 cm³/mol. The minimum Gasteiger partial charge on any atom is -0.342 e. The van der Waals surface area contributed by atoms with E-state index in [9.17, 15) is 4.79 Å². The number of amides is 1. The van der Waals surface area contributed by atoms with E-state index in [1.807, 2.05) is 29.2 Å². The van der Waals surface area contributed by atoms with Crippen LogP contribution < -0.4 is 0 Å². The summed E-state index contributed by atoms with van der Waals surface area (Å²) >= 11 is 0. The van der Waals surface area contributed by atoms with Crippen LogP contribution in [0.25, 0.3) is 11.0 Å². The van der Waals surface area contributed by atoms with E-state index in [4.69, 9.17) is 4.98 Å². The SMILES string of the molecule is O=C(CCCn1cnnn1)N1CCCC(c2nc3ccccc3[nH]2)C1. The number of likely N-dealkylation sites (tertiary alicyclic amines) is 1. The Morgan fingerprint density at radius 1 is 1.32 bits per heavy atom. The number of carbonyl (C=O) groups is 1. The third-order valence-corrected chi connectivity index (χ3v) is 4.74. The summed E-state index contributed by atoms with van der Waals surface area (Å²) in [5.41, 5.74) is 2.05. The van der Waals surface area contributed by atoms with Gasteiger partial charge in [-0.25, -0.2) is 9.67 Å². The molecule has 1 atom stereocenters. The Morgan fingerprint density at radius 3 is 3.08 bits per heavy atom. The Kier molecular flexibility index (Phi) is 4.41. The largest absolute Gasteiger partial charge is 0.342 e. The number of benzene rings is 1. The molecule has 0 aliphatic carbocycles. The second-order valence-electron chi connectivity index (χ2n) is 6.49. The van der Waals surface area contributed by atoms with Crippen molar-refractivity contribution in [3.8, 4) is 0 Å². The highest BCUT2D eigenvalue weighted by Gasteiger charge is 2.26. The minimum absolute atomic E-state index is 0.203. The summed E-state index contributed by atoms with van der Waals surface area (Å²) in [4.78, 5) is 22.6. The van der Waals surface area contributed by atoms with Gasteiger partial charge in [-0.15, -0.1) is 5.10 Å². The number of aromatic amines is 1. The Morgan fingerprint density at radius 2 is 2.24 bits per heavy atom. The molecule has 0 radical (unpaired) electrons. The summed E-state index contributed by atoms with van der Waals surface area (Å²) in [7, 11) is 0. The molecule has 1 aliphatic heterocycles. The number of fused-ring (bicyclic) bond motifs is 1. The van der Waals surface area contributed by atoms with Gasteiger partial charge >= 0.3 is 0 Å². The number of tetrazole rings is 1. The smallest absolute Gasteiger partial charge is 0.222 e. The van der Waals surface area contributed by atoms with Crippen molar-refractivity contribution < 1.29 is 4.79 Å². The van der Waals surface area contributed by atoms with Crippen molar-refractivity contribution in [3.63, 3.8) is 0 Å². The van der Waals surface area contributed by atoms with Gasteiger partial charge in [-0.1, -0.05) is 12.1 Å². The molecule has 3 heterocycles. The highest BCUT2D eigenvalue weighted by atomic mass is 16.2. The first-order chi connectivity index (χ1) is 12.3. The van der Waals surface area contributed by atoms with E-state index in [0.717, 1.165) is 49.2 Å². The van der Waals surface area contributed by atoms with E-state index >= 15 is 0 Å². The molecule has 0 spiro atoms. The molecule has 1 fully saturated rings. The van der Waals surface area contributed by atoms with Crippen LogP contribution in [0.2, 0.25) is 0 Å². The van der Waals surface area contributed by atoms with E-state index in [1.54, 1.807) is 11.0 Å². The number of rotatable bonds is 5. The lowest BCUT2D eigenvalue weighted by Gasteiger charge is -2.32. The first-order valence-corrected chi connectivity index (χ1v) is 8.73. The highest BCUT2D eigenvalue weighted by Crippen LogP contribution is 2.27. The number of para-hydroxylation sites is 2. The van der Waals surface area contributed by atoms with E-state index in [2.05, 4.69) is 20.5 Å². The highest BCUT2D eigenvalue weighted by molar-refractivity contribution is 5.76. The summed E-state index contributed by atoms with van der Waals surface area (Å²) in [5.74, 6) is 1.48. The van der Waals surface area contributed by atoms with Crippen LogP contribution in [0.5, 0.6) is 0 Å². The quantitative estimate of drug-likeness (QED) is 0.764. The fourth-order valence-electron chi connectivity index (χ4n) is 3.43. The molecule has 1 saturated heterocycles. The summed E-state index contributed by atoms with van der Waals surface area (Å²) < 4.78 is 1.65. The van der Waals surface area contributed by atoms with Gasteiger partial charge < -0.3 is 9.88 Å². The third kappa shape index (κ3) is 3.52. The molecule has 8 heteroatoms. The van der Waals surface area contributed by atoms with Gasteiger partial charge in [0.1, 0.15) is 12.2 Å². The van der Waals surface area contributed by atoms with Crippen LogP contribution in [-0.4, -0.2) is 54.1 Å². The van der Waals surface area contributed by atoms with Gasteiger partial charge in [-0.3, -0.25) is 4.79 Å². The molecule has 1 unspecified atom stereocenters. The van der Waals surface area contributed by atoms with Gasteiger partial charge in [-0.05, 0) is 41.8 Å². The van der Waals surface area contributed by atoms with E-state index in [0.29, 0.717) is 13.0 Å². The van der Waals surface area contributed by atoms with Crippen molar-refractivity contribution in [2.75, 3.05) is 13.1 Å². The van der Waals surface area contributed by atoms with Gasteiger partial charge in [0.15, 0.2) is 0 Å². The van der Waals surface area contributed by atoms with Crippen molar-refractivity contribution in [1.82, 2.24) is 35.1 Å². The molecule has 8 nitrogen and oxygen atoms in total. The number of hydrogen-bond donors (Lipinski definition) is 1. The lowest BCUT2D eigenvalue weighted by Crippen LogP contribution is -2.39. The maximum Gasteiger partial charge on any atom is 0.222 e. The van der Waals surface area contributed by atoms with Crippen LogP contribution in [0.15, 0.2) is 30.6 Å². The zero-order valence-corrected chi connectivity index (χ0v) is 14.0. The van der Waals surface area contributed by atoms with Crippen LogP contribution in [-0.2, 0) is 11.3 Å². The van der Waals surface area contributed by atoms with Crippen LogP contribution in [0, 0.1) is 0 Å². The van der Waals surface area contributed by atoms with E-state index < -0.39 is 0 Å². The third-order valence-electron chi connectivity index (χ3n) is 4.74. The zero-order chi connectivity index (χ0) is 17.1. The molecule has 1 N–H and O–H groups in total. The molecular weight excluding hydrogens is 318 g/mol. The fourth-order valence-corrected chi connectivity index (χ4v) is 3.43. The molecule has 25 heavy (non-hydrogen) atoms. The minimum atomic E-state index is 0.203. The maximum absolute atomic E-state index is 12.5. The van der Waals surface area contributed by atoms with Crippen LogP contribution in [0.3, 0.4) is 0 Å². The molecule has 1 aromatic carbocycles. The van der Waals surface area contributed by atoms with Crippen molar-refractivity contribution in [2.45, 2.75) is 38.1 Å². The van der Waals surface area contributed by atoms with Crippen molar-refractivity contribution in [1.29, 1.82) is 0 Å². The predicted octanol–water partition coefficient (Wildman–Crippen LogP) is 1.74. The number of carbonyl (C=O) groups excluding carboxylic acids is 1. The van der Waals surface area contributed by atoms with Crippen LogP contribution in [0.1, 0.15) is 37.4 Å². The molecule has 0 saturated carbocycles. The summed E-state index contributed by atoms with van der Waals surface area (Å²) in [6.45, 7) is 2.24. The molecule has 4 rings (SSSR count). The summed E-state index contributed by atoms with van der Waals surface area (Å²) in [6, 6.07) is 8.05. The number of H-pyrrole nitrogens is 1. The lowest BCUT2D eigenvalue weighted by molar-refractivity contribution is -0.132. The normalized spacial score (nSPS) is 17.9. The lowest BCUT2D eigenvalue weighted by atomic mass is 9.97. The van der Waals surface area contributed by atoms with Crippen LogP contribution in [0.4, 0.5) is 0 Å². The number of aryl methyl sites for hydroxylation is 1. The zero-order valence-electron chi connectivity index (χ0n) is 14.0. The molecule has 1 amide bonds. The van der Waals surface area contributed by atoms with Gasteiger partial charge in [0.2, 0.25) is 5.91 Å². The van der Waals surface area contributed by atoms with Crippen molar-refractivity contribution in [3.05, 3.63) is 36.4 Å². The first-order valence-electron chi connectivity index (χ1n) is 8.73. The second-order valence-corrected chi connectivity index (χ2v) is 6.49. The van der Waals surface area contributed by atoms with Gasteiger partial charge in [0, 0.05) is 32.0 Å². The Bertz CT molecular complexity index is 809. The number of aromatic nitrogens is 6. The van der Waals surface area contributed by atoms with Gasteiger partial charge in [0.25, 0.3) is 0 Å². The Hall–Kier alpha value is -2.77. The average molecular weight is 339 g/mol. The number of piperidine rings is 1. The number of nitrogens with one attached hydrogen (secondary N) is 1. The van der Waals surface area contributed by atoms with E-state index in [1.165, 1.54) is 0 Å². The standard InChI is InChI=1S/C17H21N7O/c25-16(8-4-10-24-12-18-21-22-24)23-9-3-5-13(11-23)17-19-14-6-1-2-7-15(14)20-17/h1-2,6-7,12-13H,3-5,8-11H2,(H,19,20). The Balaban J connectivity index is 1.36. The van der Waals surface area contributed by atoms with Gasteiger partial charge in [0.05, 0.1) is 11.0 Å². The molecule has 2 aromatic heterocycles. The van der Waals surface area contributed by atoms with Crippen molar-refractivity contribution >= 4 is 16.9 Å². The average Bonchev–Trinajstić information content (AvgIpc) is 3.31. The topological polar surface area (TPSA) is 92.6 Å².